The molecule has 4 aromatic rings. The zero-order valence-electron chi connectivity index (χ0n) is 14.7. The first kappa shape index (κ1) is 16.9. The van der Waals surface area contributed by atoms with E-state index in [2.05, 4.69) is 25.0 Å². The molecule has 0 spiro atoms. The molecule has 4 aromatic heterocycles. The highest BCUT2D eigenvalue weighted by molar-refractivity contribution is 5.62. The number of nitrogens with zero attached hydrogens (tertiary/aromatic N) is 4. The molecule has 8 heteroatoms. The maximum atomic E-state index is 11.9. The molecule has 1 fully saturated rings. The van der Waals surface area contributed by atoms with Crippen LogP contribution in [0.5, 0.6) is 0 Å². The van der Waals surface area contributed by atoms with E-state index in [1.54, 1.807) is 23.1 Å². The van der Waals surface area contributed by atoms with Crippen LogP contribution in [0.3, 0.4) is 0 Å². The van der Waals surface area contributed by atoms with Crippen LogP contribution in [0.1, 0.15) is 29.9 Å². The Balaban J connectivity index is 0.000000218. The Morgan fingerprint density at radius 3 is 2.70 bits per heavy atom. The fourth-order valence-electron chi connectivity index (χ4n) is 2.82. The van der Waals surface area contributed by atoms with Crippen LogP contribution in [-0.2, 0) is 0 Å². The summed E-state index contributed by atoms with van der Waals surface area (Å²) in [5.74, 6) is 0.489. The van der Waals surface area contributed by atoms with Crippen molar-refractivity contribution in [2.24, 2.45) is 0 Å². The molecule has 5 rings (SSSR count). The largest absolute Gasteiger partial charge is 0.325 e. The molecule has 0 bridgehead atoms. The normalized spacial score (nSPS) is 13.2. The highest BCUT2D eigenvalue weighted by Gasteiger charge is 2.27. The lowest BCUT2D eigenvalue weighted by molar-refractivity contribution is 0.913. The zero-order chi connectivity index (χ0) is 18.8. The van der Waals surface area contributed by atoms with Gasteiger partial charge in [-0.05, 0) is 43.4 Å². The van der Waals surface area contributed by atoms with Crippen molar-refractivity contribution >= 4 is 5.65 Å². The van der Waals surface area contributed by atoms with Crippen molar-refractivity contribution in [3.63, 3.8) is 0 Å². The molecule has 1 saturated carbocycles. The van der Waals surface area contributed by atoms with Crippen molar-refractivity contribution in [2.45, 2.75) is 25.7 Å². The van der Waals surface area contributed by atoms with Gasteiger partial charge in [-0.1, -0.05) is 6.07 Å². The first-order valence-corrected chi connectivity index (χ1v) is 8.65. The Bertz CT molecular complexity index is 1190. The van der Waals surface area contributed by atoms with Crippen molar-refractivity contribution < 1.29 is 0 Å². The average molecular weight is 362 g/mol. The van der Waals surface area contributed by atoms with Gasteiger partial charge >= 0.3 is 5.69 Å². The molecule has 1 aliphatic carbocycles. The van der Waals surface area contributed by atoms with E-state index < -0.39 is 11.2 Å². The number of aromatic amines is 2. The quantitative estimate of drug-likeness (QED) is 0.567. The predicted molar refractivity (Wildman–Crippen MR) is 101 cm³/mol. The van der Waals surface area contributed by atoms with Gasteiger partial charge in [-0.3, -0.25) is 14.8 Å². The van der Waals surface area contributed by atoms with Gasteiger partial charge < -0.3 is 4.98 Å². The van der Waals surface area contributed by atoms with E-state index in [0.29, 0.717) is 17.2 Å². The van der Waals surface area contributed by atoms with E-state index >= 15 is 0 Å². The molecule has 0 saturated heterocycles. The van der Waals surface area contributed by atoms with Gasteiger partial charge in [0.1, 0.15) is 0 Å². The van der Waals surface area contributed by atoms with Crippen molar-refractivity contribution in [1.82, 2.24) is 29.5 Å². The van der Waals surface area contributed by atoms with Crippen molar-refractivity contribution in [3.05, 3.63) is 81.1 Å². The second kappa shape index (κ2) is 6.99. The molecular weight excluding hydrogens is 344 g/mol. The number of pyridine rings is 1. The molecule has 0 aromatic carbocycles. The van der Waals surface area contributed by atoms with E-state index in [1.165, 1.54) is 11.8 Å². The lowest BCUT2D eigenvalue weighted by atomic mass is 10.1. The van der Waals surface area contributed by atoms with E-state index in [9.17, 15) is 9.59 Å². The van der Waals surface area contributed by atoms with Crippen LogP contribution in [-0.4, -0.2) is 29.5 Å². The van der Waals surface area contributed by atoms with Crippen LogP contribution in [0.15, 0.2) is 58.8 Å². The maximum absolute atomic E-state index is 11.9. The van der Waals surface area contributed by atoms with Gasteiger partial charge in [0.2, 0.25) is 0 Å². The van der Waals surface area contributed by atoms with Crippen LogP contribution in [0, 0.1) is 6.92 Å². The number of H-pyrrole nitrogens is 2. The van der Waals surface area contributed by atoms with Gasteiger partial charge in [0.05, 0.1) is 11.3 Å². The van der Waals surface area contributed by atoms with Crippen LogP contribution in [0.2, 0.25) is 0 Å². The summed E-state index contributed by atoms with van der Waals surface area (Å²) in [5.41, 5.74) is 3.06. The van der Waals surface area contributed by atoms with Crippen LogP contribution >= 0.6 is 0 Å². The van der Waals surface area contributed by atoms with E-state index in [4.69, 9.17) is 0 Å². The van der Waals surface area contributed by atoms with Gasteiger partial charge in [0, 0.05) is 36.5 Å². The van der Waals surface area contributed by atoms with Crippen molar-refractivity contribution in [1.29, 1.82) is 0 Å². The van der Waals surface area contributed by atoms with Crippen LogP contribution in [0.25, 0.3) is 16.9 Å². The minimum absolute atomic E-state index is 0.349. The van der Waals surface area contributed by atoms with Crippen LogP contribution in [0.4, 0.5) is 0 Å². The second-order valence-electron chi connectivity index (χ2n) is 6.47. The predicted octanol–water partition coefficient (Wildman–Crippen LogP) is 2.04. The summed E-state index contributed by atoms with van der Waals surface area (Å²) >= 11 is 0. The third-order valence-electron chi connectivity index (χ3n) is 4.31. The highest BCUT2D eigenvalue weighted by atomic mass is 16.2. The van der Waals surface area contributed by atoms with Crippen LogP contribution < -0.4 is 11.2 Å². The van der Waals surface area contributed by atoms with Gasteiger partial charge in [0.25, 0.3) is 5.56 Å². The molecule has 0 atom stereocenters. The summed E-state index contributed by atoms with van der Waals surface area (Å²) in [7, 11) is 0. The lowest BCUT2D eigenvalue weighted by Gasteiger charge is -2.05. The second-order valence-corrected chi connectivity index (χ2v) is 6.47. The minimum Gasteiger partial charge on any atom is -0.313 e. The lowest BCUT2D eigenvalue weighted by Crippen LogP contribution is -2.23. The first-order valence-electron chi connectivity index (χ1n) is 8.65. The highest BCUT2D eigenvalue weighted by Crippen LogP contribution is 2.42. The van der Waals surface area contributed by atoms with E-state index in [1.807, 2.05) is 31.3 Å². The molecule has 8 nitrogen and oxygen atoms in total. The molecule has 0 radical (unpaired) electrons. The smallest absolute Gasteiger partial charge is 0.313 e. The summed E-state index contributed by atoms with van der Waals surface area (Å²) in [6, 6.07) is 5.84. The Morgan fingerprint density at radius 2 is 2.07 bits per heavy atom. The number of imidazole rings is 1. The summed E-state index contributed by atoms with van der Waals surface area (Å²) in [5, 5.41) is 4.38. The number of hydrogen-bond donors (Lipinski definition) is 2. The van der Waals surface area contributed by atoms with Crippen molar-refractivity contribution in [2.75, 3.05) is 0 Å². The minimum atomic E-state index is -0.523. The molecule has 2 N–H and O–H groups in total. The SMILES string of the molecule is Cc1cccnc1.O=c1[nH]cc(-c2cc(C3CC3)c3nccn3n2)c(=O)[nH]1. The number of nitrogens with one attached hydrogen (secondary N) is 2. The fraction of sp³-hybridized carbons (Fsp3) is 0.211. The summed E-state index contributed by atoms with van der Waals surface area (Å²) in [6.45, 7) is 2.02. The fourth-order valence-corrected chi connectivity index (χ4v) is 2.82. The number of aryl methyl sites for hydroxylation is 1. The summed E-state index contributed by atoms with van der Waals surface area (Å²) in [4.78, 5) is 35.8. The molecule has 0 amide bonds. The van der Waals surface area contributed by atoms with Crippen molar-refractivity contribution in [3.8, 4) is 11.3 Å². The van der Waals surface area contributed by atoms with Gasteiger partial charge in [-0.2, -0.15) is 5.10 Å². The van der Waals surface area contributed by atoms with E-state index in [-0.39, 0.29) is 0 Å². The molecule has 1 aliphatic rings. The van der Waals surface area contributed by atoms with Gasteiger partial charge in [0.15, 0.2) is 5.65 Å². The maximum Gasteiger partial charge on any atom is 0.325 e. The number of hydrogen-bond acceptors (Lipinski definition) is 5. The summed E-state index contributed by atoms with van der Waals surface area (Å²) in [6.07, 6.45) is 10.7. The first-order chi connectivity index (χ1) is 13.1. The Kier molecular flexibility index (Phi) is 4.37. The molecule has 0 aliphatic heterocycles. The molecule has 0 unspecified atom stereocenters. The monoisotopic (exact) mass is 362 g/mol. The Hall–Kier alpha value is -3.55. The molecule has 4 heterocycles. The topological polar surface area (TPSA) is 109 Å². The standard InChI is InChI=1S/C13H11N5O2.C6H7N/c19-12-9(6-15-13(20)16-12)10-5-8(7-1-2-7)11-14-3-4-18(11)17-10;1-6-3-2-4-7-5-6/h3-7H,1-2H2,(H2,15,16,19,20);2-5H,1H3. The Morgan fingerprint density at radius 1 is 1.22 bits per heavy atom. The average Bonchev–Trinajstić information content (AvgIpc) is 3.39. The van der Waals surface area contributed by atoms with Gasteiger partial charge in [-0.25, -0.2) is 14.3 Å². The third kappa shape index (κ3) is 3.69. The zero-order valence-corrected chi connectivity index (χ0v) is 14.7. The summed E-state index contributed by atoms with van der Waals surface area (Å²) < 4.78 is 1.67. The Labute approximate surface area is 154 Å². The molecule has 136 valence electrons. The molecular formula is C19H18N6O2. The molecule has 27 heavy (non-hydrogen) atoms. The number of fused-ring (bicyclic) bond motifs is 1. The number of aromatic nitrogens is 6. The van der Waals surface area contributed by atoms with E-state index in [0.717, 1.165) is 24.1 Å². The third-order valence-corrected chi connectivity index (χ3v) is 4.31. The van der Waals surface area contributed by atoms with Gasteiger partial charge in [-0.15, -0.1) is 0 Å². The number of rotatable bonds is 2.